The van der Waals surface area contributed by atoms with Gasteiger partial charge in [0.05, 0.1) is 0 Å². The Morgan fingerprint density at radius 3 is 2.33 bits per heavy atom. The van der Waals surface area contributed by atoms with E-state index in [1.54, 1.807) is 6.08 Å². The van der Waals surface area contributed by atoms with Crippen LogP contribution in [0.1, 0.15) is 27.2 Å². The molecule has 0 spiro atoms. The molecular weight excluding hydrogens is 144 g/mol. The SMILES string of the molecule is C=C/C=C\C(/C=C\CC)=C(C)C. The Labute approximate surface area is 76.0 Å². The fourth-order valence-corrected chi connectivity index (χ4v) is 0.805. The minimum atomic E-state index is 1.08. The summed E-state index contributed by atoms with van der Waals surface area (Å²) in [5.41, 5.74) is 2.61. The summed E-state index contributed by atoms with van der Waals surface area (Å²) >= 11 is 0. The van der Waals surface area contributed by atoms with E-state index in [0.29, 0.717) is 0 Å². The average Bonchev–Trinajstić information content (AvgIpc) is 2.04. The van der Waals surface area contributed by atoms with Gasteiger partial charge < -0.3 is 0 Å². The molecule has 0 unspecified atom stereocenters. The fourth-order valence-electron chi connectivity index (χ4n) is 0.805. The summed E-state index contributed by atoms with van der Waals surface area (Å²) in [5, 5.41) is 0. The Morgan fingerprint density at radius 1 is 1.25 bits per heavy atom. The van der Waals surface area contributed by atoms with Crippen LogP contribution in [0.15, 0.2) is 48.1 Å². The third-order valence-electron chi connectivity index (χ3n) is 1.52. The van der Waals surface area contributed by atoms with Crippen molar-refractivity contribution >= 4 is 0 Å². The van der Waals surface area contributed by atoms with Crippen molar-refractivity contribution in [1.82, 2.24) is 0 Å². The van der Waals surface area contributed by atoms with Gasteiger partial charge in [-0.2, -0.15) is 0 Å². The minimum Gasteiger partial charge on any atom is -0.0991 e. The van der Waals surface area contributed by atoms with E-state index in [2.05, 4.69) is 45.6 Å². The summed E-state index contributed by atoms with van der Waals surface area (Å²) in [6.45, 7) is 10.0. The molecule has 0 heterocycles. The molecule has 0 aromatic heterocycles. The third kappa shape index (κ3) is 4.73. The topological polar surface area (TPSA) is 0 Å². The Balaban J connectivity index is 4.47. The van der Waals surface area contributed by atoms with Gasteiger partial charge in [-0.25, -0.2) is 0 Å². The van der Waals surface area contributed by atoms with E-state index in [4.69, 9.17) is 0 Å². The van der Waals surface area contributed by atoms with Gasteiger partial charge in [-0.15, -0.1) is 0 Å². The van der Waals surface area contributed by atoms with Crippen molar-refractivity contribution < 1.29 is 0 Å². The molecule has 0 amide bonds. The lowest BCUT2D eigenvalue weighted by Crippen LogP contribution is -1.75. The van der Waals surface area contributed by atoms with Gasteiger partial charge >= 0.3 is 0 Å². The van der Waals surface area contributed by atoms with Crippen LogP contribution in [0, 0.1) is 0 Å². The summed E-state index contributed by atoms with van der Waals surface area (Å²) in [6, 6.07) is 0. The lowest BCUT2D eigenvalue weighted by atomic mass is 10.1. The van der Waals surface area contributed by atoms with Crippen molar-refractivity contribution in [2.24, 2.45) is 0 Å². The van der Waals surface area contributed by atoms with E-state index >= 15 is 0 Å². The van der Waals surface area contributed by atoms with E-state index in [9.17, 15) is 0 Å². The summed E-state index contributed by atoms with van der Waals surface area (Å²) in [4.78, 5) is 0. The molecule has 0 rings (SSSR count). The second-order valence-electron chi connectivity index (χ2n) is 2.86. The van der Waals surface area contributed by atoms with Crippen LogP contribution in [0.25, 0.3) is 0 Å². The maximum Gasteiger partial charge on any atom is -0.0273 e. The van der Waals surface area contributed by atoms with Crippen LogP contribution in [0.3, 0.4) is 0 Å². The smallest absolute Gasteiger partial charge is 0.0273 e. The van der Waals surface area contributed by atoms with Crippen LogP contribution < -0.4 is 0 Å². The largest absolute Gasteiger partial charge is 0.0991 e. The normalized spacial score (nSPS) is 10.9. The fraction of sp³-hybridized carbons (Fsp3) is 0.333. The van der Waals surface area contributed by atoms with Gasteiger partial charge in [-0.05, 0) is 25.8 Å². The highest BCUT2D eigenvalue weighted by Gasteiger charge is 1.86. The zero-order valence-corrected chi connectivity index (χ0v) is 8.30. The maximum absolute atomic E-state index is 3.64. The molecule has 0 aliphatic heterocycles. The molecule has 0 N–H and O–H groups in total. The van der Waals surface area contributed by atoms with Crippen molar-refractivity contribution in [3.05, 3.63) is 48.1 Å². The summed E-state index contributed by atoms with van der Waals surface area (Å²) in [5.74, 6) is 0. The quantitative estimate of drug-likeness (QED) is 0.547. The van der Waals surface area contributed by atoms with Crippen molar-refractivity contribution in [3.8, 4) is 0 Å². The van der Waals surface area contributed by atoms with Crippen LogP contribution in [0.4, 0.5) is 0 Å². The van der Waals surface area contributed by atoms with Crippen LogP contribution in [-0.4, -0.2) is 0 Å². The van der Waals surface area contributed by atoms with Crippen molar-refractivity contribution in [1.29, 1.82) is 0 Å². The summed E-state index contributed by atoms with van der Waals surface area (Å²) in [6.07, 6.45) is 11.2. The highest BCUT2D eigenvalue weighted by Crippen LogP contribution is 2.07. The molecule has 0 atom stereocenters. The maximum atomic E-state index is 3.64. The summed E-state index contributed by atoms with van der Waals surface area (Å²) < 4.78 is 0. The number of hydrogen-bond acceptors (Lipinski definition) is 0. The monoisotopic (exact) mass is 162 g/mol. The van der Waals surface area contributed by atoms with E-state index in [1.807, 2.05) is 6.08 Å². The number of hydrogen-bond donors (Lipinski definition) is 0. The van der Waals surface area contributed by atoms with Crippen LogP contribution in [0.5, 0.6) is 0 Å². The van der Waals surface area contributed by atoms with Crippen molar-refractivity contribution in [2.75, 3.05) is 0 Å². The van der Waals surface area contributed by atoms with Gasteiger partial charge in [-0.1, -0.05) is 49.5 Å². The second kappa shape index (κ2) is 6.66. The Kier molecular flexibility index (Phi) is 6.08. The molecule has 0 aromatic carbocycles. The van der Waals surface area contributed by atoms with Crippen molar-refractivity contribution in [3.63, 3.8) is 0 Å². The Hall–Kier alpha value is -1.04. The van der Waals surface area contributed by atoms with E-state index < -0.39 is 0 Å². The van der Waals surface area contributed by atoms with Gasteiger partial charge in [0.2, 0.25) is 0 Å². The molecule has 0 aromatic rings. The molecular formula is C12H18. The Bertz CT molecular complexity index is 210. The van der Waals surface area contributed by atoms with Gasteiger partial charge in [0.25, 0.3) is 0 Å². The highest BCUT2D eigenvalue weighted by molar-refractivity contribution is 5.35. The standard InChI is InChI=1S/C12H18/c1-5-7-9-12(11(3)4)10-8-6-2/h5,7-10H,1,6H2,2-4H3/b9-7-,10-8-. The molecule has 0 nitrogen and oxygen atoms in total. The Morgan fingerprint density at radius 2 is 1.92 bits per heavy atom. The summed E-state index contributed by atoms with van der Waals surface area (Å²) in [7, 11) is 0. The van der Waals surface area contributed by atoms with Crippen LogP contribution in [-0.2, 0) is 0 Å². The predicted octanol–water partition coefficient (Wildman–Crippen LogP) is 4.03. The average molecular weight is 162 g/mol. The van der Waals surface area contributed by atoms with Gasteiger partial charge in [-0.3, -0.25) is 0 Å². The van der Waals surface area contributed by atoms with Gasteiger partial charge in [0.15, 0.2) is 0 Å². The first-order chi connectivity index (χ1) is 5.72. The third-order valence-corrected chi connectivity index (χ3v) is 1.52. The zero-order valence-electron chi connectivity index (χ0n) is 8.30. The number of rotatable bonds is 4. The molecule has 0 bridgehead atoms. The van der Waals surface area contributed by atoms with Gasteiger partial charge in [0.1, 0.15) is 0 Å². The van der Waals surface area contributed by atoms with Crippen LogP contribution in [0.2, 0.25) is 0 Å². The first-order valence-electron chi connectivity index (χ1n) is 4.35. The minimum absolute atomic E-state index is 1.08. The molecule has 0 aliphatic rings. The molecule has 0 aliphatic carbocycles. The van der Waals surface area contributed by atoms with Gasteiger partial charge in [0, 0.05) is 0 Å². The number of allylic oxidation sites excluding steroid dienone is 7. The zero-order chi connectivity index (χ0) is 9.40. The lowest BCUT2D eigenvalue weighted by molar-refractivity contribution is 1.21. The molecule has 0 radical (unpaired) electrons. The van der Waals surface area contributed by atoms with Crippen LogP contribution >= 0.6 is 0 Å². The highest BCUT2D eigenvalue weighted by atomic mass is 13.9. The second-order valence-corrected chi connectivity index (χ2v) is 2.86. The lowest BCUT2D eigenvalue weighted by Gasteiger charge is -1.96. The first kappa shape index (κ1) is 11.0. The van der Waals surface area contributed by atoms with Crippen molar-refractivity contribution in [2.45, 2.75) is 27.2 Å². The van der Waals surface area contributed by atoms with E-state index in [-0.39, 0.29) is 0 Å². The molecule has 66 valence electrons. The molecule has 0 fully saturated rings. The molecule has 0 saturated carbocycles. The predicted molar refractivity (Wildman–Crippen MR) is 57.1 cm³/mol. The van der Waals surface area contributed by atoms with E-state index in [0.717, 1.165) is 6.42 Å². The molecule has 0 saturated heterocycles. The molecule has 0 heteroatoms. The van der Waals surface area contributed by atoms with E-state index in [1.165, 1.54) is 11.1 Å². The molecule has 12 heavy (non-hydrogen) atoms. The first-order valence-corrected chi connectivity index (χ1v) is 4.35.